The van der Waals surface area contributed by atoms with Crippen LogP contribution in [0, 0.1) is 4.64 Å². The Morgan fingerprint density at radius 2 is 2.53 bits per heavy atom. The number of aromatic amines is 1. The van der Waals surface area contributed by atoms with E-state index in [0.29, 0.717) is 4.64 Å². The molecule has 0 bridgehead atoms. The van der Waals surface area contributed by atoms with Gasteiger partial charge in [0, 0.05) is 19.3 Å². The number of likely N-dealkylation sites (N-methyl/N-ethyl adjacent to an activating group) is 1. The summed E-state index contributed by atoms with van der Waals surface area (Å²) < 4.78 is 7.11. The summed E-state index contributed by atoms with van der Waals surface area (Å²) in [6, 6.07) is 0. The Balaban J connectivity index is 2.21. The molecule has 6 heteroatoms. The summed E-state index contributed by atoms with van der Waals surface area (Å²) in [4.78, 5) is 9.56. The number of hydrogen-bond acceptors (Lipinski definition) is 4. The van der Waals surface area contributed by atoms with Crippen molar-refractivity contribution in [1.82, 2.24) is 14.9 Å². The van der Waals surface area contributed by atoms with E-state index in [1.54, 1.807) is 6.20 Å². The minimum atomic E-state index is -0.00134. The van der Waals surface area contributed by atoms with Crippen LogP contribution in [0.1, 0.15) is 11.9 Å². The zero-order chi connectivity index (χ0) is 10.8. The van der Waals surface area contributed by atoms with Crippen LogP contribution in [-0.4, -0.2) is 41.6 Å². The van der Waals surface area contributed by atoms with Crippen LogP contribution in [0.2, 0.25) is 0 Å². The largest absolute Gasteiger partial charge is 0.368 e. The second-order valence-electron chi connectivity index (χ2n) is 3.57. The molecule has 0 spiro atoms. The highest BCUT2D eigenvalue weighted by Gasteiger charge is 2.21. The second kappa shape index (κ2) is 4.69. The van der Waals surface area contributed by atoms with Crippen molar-refractivity contribution in [3.63, 3.8) is 0 Å². The zero-order valence-electron chi connectivity index (χ0n) is 8.36. The van der Waals surface area contributed by atoms with Gasteiger partial charge in [-0.2, -0.15) is 0 Å². The molecule has 4 nitrogen and oxygen atoms in total. The molecule has 1 fully saturated rings. The molecule has 1 atom stereocenters. The van der Waals surface area contributed by atoms with Gasteiger partial charge in [-0.3, -0.25) is 0 Å². The average molecular weight is 290 g/mol. The smallest absolute Gasteiger partial charge is 0.137 e. The van der Waals surface area contributed by atoms with E-state index in [9.17, 15) is 0 Å². The van der Waals surface area contributed by atoms with Crippen molar-refractivity contribution in [2.75, 3.05) is 26.7 Å². The Morgan fingerprint density at radius 1 is 1.73 bits per heavy atom. The van der Waals surface area contributed by atoms with Gasteiger partial charge in [0.25, 0.3) is 0 Å². The molecule has 0 radical (unpaired) electrons. The zero-order valence-corrected chi connectivity index (χ0v) is 10.8. The molecule has 1 saturated heterocycles. The van der Waals surface area contributed by atoms with Crippen LogP contribution in [0.15, 0.2) is 10.7 Å². The number of nitrogens with one attached hydrogen (secondary N) is 1. The molecule has 1 N–H and O–H groups in total. The molecule has 1 aliphatic heterocycles. The molecule has 1 aromatic heterocycles. The topological polar surface area (TPSA) is 41.1 Å². The third-order valence-electron chi connectivity index (χ3n) is 2.35. The molecule has 1 aromatic rings. The summed E-state index contributed by atoms with van der Waals surface area (Å²) in [5, 5.41) is 0. The highest BCUT2D eigenvalue weighted by molar-refractivity contribution is 9.10. The molecule has 2 rings (SSSR count). The predicted molar refractivity (Wildman–Crippen MR) is 63.3 cm³/mol. The molecule has 1 aliphatic rings. The fraction of sp³-hybridized carbons (Fsp3) is 0.556. The lowest BCUT2D eigenvalue weighted by atomic mass is 10.2. The average Bonchev–Trinajstić information content (AvgIpc) is 2.22. The molecule has 15 heavy (non-hydrogen) atoms. The minimum absolute atomic E-state index is 0.00134. The fourth-order valence-electron chi connectivity index (χ4n) is 1.50. The number of aromatic nitrogens is 2. The Morgan fingerprint density at radius 3 is 3.20 bits per heavy atom. The Bertz CT molecular complexity index is 409. The summed E-state index contributed by atoms with van der Waals surface area (Å²) >= 11 is 8.44. The van der Waals surface area contributed by atoms with Crippen molar-refractivity contribution in [3.05, 3.63) is 21.1 Å². The monoisotopic (exact) mass is 289 g/mol. The third-order valence-corrected chi connectivity index (χ3v) is 3.54. The highest BCUT2D eigenvalue weighted by Crippen LogP contribution is 2.19. The van der Waals surface area contributed by atoms with Crippen molar-refractivity contribution in [1.29, 1.82) is 0 Å². The van der Waals surface area contributed by atoms with Crippen LogP contribution in [0.3, 0.4) is 0 Å². The van der Waals surface area contributed by atoms with E-state index in [0.717, 1.165) is 30.0 Å². The minimum Gasteiger partial charge on any atom is -0.368 e. The van der Waals surface area contributed by atoms with Crippen LogP contribution in [0.5, 0.6) is 0 Å². The van der Waals surface area contributed by atoms with Crippen LogP contribution in [0.25, 0.3) is 0 Å². The maximum absolute atomic E-state index is 5.63. The van der Waals surface area contributed by atoms with Crippen LogP contribution in [-0.2, 0) is 4.74 Å². The molecule has 0 amide bonds. The summed E-state index contributed by atoms with van der Waals surface area (Å²) in [5.41, 5.74) is 0. The van der Waals surface area contributed by atoms with Gasteiger partial charge in [-0.25, -0.2) is 4.98 Å². The number of rotatable bonds is 1. The van der Waals surface area contributed by atoms with Crippen LogP contribution >= 0.6 is 28.1 Å². The molecule has 82 valence electrons. The first-order valence-corrected chi connectivity index (χ1v) is 5.92. The second-order valence-corrected chi connectivity index (χ2v) is 4.83. The molecular formula is C9H12BrN3OS. The summed E-state index contributed by atoms with van der Waals surface area (Å²) in [5.74, 6) is 0.801. The Hall–Kier alpha value is -0.300. The van der Waals surface area contributed by atoms with E-state index in [4.69, 9.17) is 17.0 Å². The lowest BCUT2D eigenvalue weighted by Gasteiger charge is -2.29. The summed E-state index contributed by atoms with van der Waals surface area (Å²) in [7, 11) is 2.07. The van der Waals surface area contributed by atoms with Crippen molar-refractivity contribution < 1.29 is 4.74 Å². The van der Waals surface area contributed by atoms with Gasteiger partial charge in [0.1, 0.15) is 16.6 Å². The SMILES string of the molecule is CN1CCOC(c2ncc(Br)c(=S)[nH]2)C1. The number of nitrogens with zero attached hydrogens (tertiary/aromatic N) is 2. The van der Waals surface area contributed by atoms with E-state index in [1.807, 2.05) is 0 Å². The maximum Gasteiger partial charge on any atom is 0.137 e. The fourth-order valence-corrected chi connectivity index (χ4v) is 1.86. The number of hydrogen-bond donors (Lipinski definition) is 1. The summed E-state index contributed by atoms with van der Waals surface area (Å²) in [6.07, 6.45) is 1.71. The van der Waals surface area contributed by atoms with Crippen molar-refractivity contribution in [3.8, 4) is 0 Å². The van der Waals surface area contributed by atoms with Crippen molar-refractivity contribution >= 4 is 28.1 Å². The number of halogens is 1. The summed E-state index contributed by atoms with van der Waals surface area (Å²) in [6.45, 7) is 2.55. The maximum atomic E-state index is 5.63. The number of H-pyrrole nitrogens is 1. The van der Waals surface area contributed by atoms with Gasteiger partial charge in [-0.1, -0.05) is 12.2 Å². The van der Waals surface area contributed by atoms with E-state index >= 15 is 0 Å². The van der Waals surface area contributed by atoms with Gasteiger partial charge in [0.15, 0.2) is 0 Å². The van der Waals surface area contributed by atoms with Crippen LogP contribution in [0.4, 0.5) is 0 Å². The molecule has 0 aliphatic carbocycles. The molecule has 0 aromatic carbocycles. The number of ether oxygens (including phenoxy) is 1. The first-order chi connectivity index (χ1) is 7.16. The Kier molecular flexibility index (Phi) is 3.50. The standard InChI is InChI=1S/C9H12BrN3OS/c1-13-2-3-14-7(5-13)8-11-4-6(10)9(15)12-8/h4,7H,2-3,5H2,1H3,(H,11,12,15). The molecule has 2 heterocycles. The van der Waals surface area contributed by atoms with Crippen molar-refractivity contribution in [2.24, 2.45) is 0 Å². The van der Waals surface area contributed by atoms with Gasteiger partial charge >= 0.3 is 0 Å². The predicted octanol–water partition coefficient (Wildman–Crippen LogP) is 1.90. The first-order valence-electron chi connectivity index (χ1n) is 4.71. The Labute approximate surface area is 102 Å². The van der Waals surface area contributed by atoms with Crippen molar-refractivity contribution in [2.45, 2.75) is 6.10 Å². The van der Waals surface area contributed by atoms with Crippen LogP contribution < -0.4 is 0 Å². The van der Waals surface area contributed by atoms with Gasteiger partial charge in [0.05, 0.1) is 11.1 Å². The lowest BCUT2D eigenvalue weighted by molar-refractivity contribution is -0.0255. The van der Waals surface area contributed by atoms with E-state index < -0.39 is 0 Å². The molecular weight excluding hydrogens is 278 g/mol. The lowest BCUT2D eigenvalue weighted by Crippen LogP contribution is -2.36. The number of morpholine rings is 1. The molecule has 1 unspecified atom stereocenters. The van der Waals surface area contributed by atoms with Gasteiger partial charge in [-0.15, -0.1) is 0 Å². The quantitative estimate of drug-likeness (QED) is 0.802. The van der Waals surface area contributed by atoms with E-state index in [1.165, 1.54) is 0 Å². The van der Waals surface area contributed by atoms with Gasteiger partial charge in [-0.05, 0) is 23.0 Å². The van der Waals surface area contributed by atoms with Gasteiger partial charge < -0.3 is 14.6 Å². The highest BCUT2D eigenvalue weighted by atomic mass is 79.9. The molecule has 0 saturated carbocycles. The third kappa shape index (κ3) is 2.63. The van der Waals surface area contributed by atoms with Gasteiger partial charge in [0.2, 0.25) is 0 Å². The van der Waals surface area contributed by atoms with E-state index in [-0.39, 0.29) is 6.10 Å². The van der Waals surface area contributed by atoms with E-state index in [2.05, 4.69) is 37.8 Å². The first kappa shape index (κ1) is 11.2. The normalized spacial score (nSPS) is 22.9.